The van der Waals surface area contributed by atoms with E-state index in [1.54, 1.807) is 0 Å². The molecule has 1 aliphatic heterocycles. The van der Waals surface area contributed by atoms with E-state index in [9.17, 15) is 0 Å². The Hall–Kier alpha value is -2.02. The van der Waals surface area contributed by atoms with Crippen LogP contribution in [0.4, 0.5) is 5.69 Å². The zero-order valence-electron chi connectivity index (χ0n) is 12.5. The van der Waals surface area contributed by atoms with Crippen LogP contribution in [0.3, 0.4) is 0 Å². The van der Waals surface area contributed by atoms with Crippen molar-refractivity contribution in [2.75, 3.05) is 24.5 Å². The van der Waals surface area contributed by atoms with E-state index >= 15 is 0 Å². The topological polar surface area (TPSA) is 39.1 Å². The predicted molar refractivity (Wildman–Crippen MR) is 90.3 cm³/mol. The molecule has 0 aromatic heterocycles. The van der Waals surface area contributed by atoms with Gasteiger partial charge in [-0.1, -0.05) is 23.7 Å². The fourth-order valence-corrected chi connectivity index (χ4v) is 3.15. The van der Waals surface area contributed by atoms with Crippen molar-refractivity contribution < 1.29 is 0 Å². The van der Waals surface area contributed by atoms with Gasteiger partial charge in [-0.2, -0.15) is 5.26 Å². The average Bonchev–Trinajstić information content (AvgIpc) is 2.55. The molecule has 112 valence electrons. The summed E-state index contributed by atoms with van der Waals surface area (Å²) in [5.41, 5.74) is 4.29. The molecule has 4 heteroatoms. The van der Waals surface area contributed by atoms with Crippen LogP contribution in [0.2, 0.25) is 5.02 Å². The molecule has 2 aromatic rings. The highest BCUT2D eigenvalue weighted by atomic mass is 35.5. The predicted octanol–water partition coefficient (Wildman–Crippen LogP) is 3.67. The number of anilines is 1. The Morgan fingerprint density at radius 3 is 2.68 bits per heavy atom. The Morgan fingerprint density at radius 2 is 2.00 bits per heavy atom. The van der Waals surface area contributed by atoms with Gasteiger partial charge in [-0.3, -0.25) is 0 Å². The molecule has 0 amide bonds. The maximum atomic E-state index is 9.03. The monoisotopic (exact) mass is 311 g/mol. The van der Waals surface area contributed by atoms with Crippen molar-refractivity contribution in [3.05, 3.63) is 64.2 Å². The summed E-state index contributed by atoms with van der Waals surface area (Å²) >= 11 is 6.00. The zero-order chi connectivity index (χ0) is 15.5. The third-order valence-corrected chi connectivity index (χ3v) is 4.39. The second kappa shape index (κ2) is 6.39. The molecule has 0 radical (unpaired) electrons. The molecule has 1 saturated heterocycles. The molecule has 22 heavy (non-hydrogen) atoms. The number of benzene rings is 2. The summed E-state index contributed by atoms with van der Waals surface area (Å²) in [5.74, 6) is 0. The van der Waals surface area contributed by atoms with Crippen LogP contribution >= 0.6 is 11.6 Å². The van der Waals surface area contributed by atoms with E-state index in [4.69, 9.17) is 16.9 Å². The number of hydrogen-bond donors (Lipinski definition) is 1. The minimum Gasteiger partial charge on any atom is -0.362 e. The standard InChI is InChI=1S/C18H18ClN3/c1-13-10-14(11-20)2-7-17(13)22-9-8-21-12-18(22)15-3-5-16(19)6-4-15/h2-7,10,18,21H,8-9,12H2,1H3. The minimum absolute atomic E-state index is 0.276. The van der Waals surface area contributed by atoms with Crippen molar-refractivity contribution in [2.24, 2.45) is 0 Å². The third kappa shape index (κ3) is 2.94. The molecular formula is C18H18ClN3. The molecule has 1 unspecified atom stereocenters. The summed E-state index contributed by atoms with van der Waals surface area (Å²) in [4.78, 5) is 2.41. The van der Waals surface area contributed by atoms with Gasteiger partial charge in [0, 0.05) is 30.3 Å². The summed E-state index contributed by atoms with van der Waals surface area (Å²) in [6.07, 6.45) is 0. The van der Waals surface area contributed by atoms with Crippen molar-refractivity contribution in [2.45, 2.75) is 13.0 Å². The Labute approximate surface area is 136 Å². The highest BCUT2D eigenvalue weighted by Gasteiger charge is 2.25. The van der Waals surface area contributed by atoms with Crippen LogP contribution in [-0.4, -0.2) is 19.6 Å². The molecule has 1 N–H and O–H groups in total. The molecule has 1 heterocycles. The van der Waals surface area contributed by atoms with E-state index in [0.717, 1.165) is 30.2 Å². The average molecular weight is 312 g/mol. The lowest BCUT2D eigenvalue weighted by atomic mass is 10.0. The van der Waals surface area contributed by atoms with Crippen LogP contribution in [0.15, 0.2) is 42.5 Å². The first kappa shape index (κ1) is 14.9. The normalized spacial score (nSPS) is 18.0. The van der Waals surface area contributed by atoms with E-state index in [-0.39, 0.29) is 6.04 Å². The summed E-state index contributed by atoms with van der Waals surface area (Å²) < 4.78 is 0. The number of piperazine rings is 1. The van der Waals surface area contributed by atoms with Gasteiger partial charge in [0.05, 0.1) is 17.7 Å². The van der Waals surface area contributed by atoms with Gasteiger partial charge >= 0.3 is 0 Å². The Kier molecular flexibility index (Phi) is 4.33. The summed E-state index contributed by atoms with van der Waals surface area (Å²) in [6.45, 7) is 4.88. The molecule has 1 atom stereocenters. The smallest absolute Gasteiger partial charge is 0.0991 e. The van der Waals surface area contributed by atoms with Crippen molar-refractivity contribution >= 4 is 17.3 Å². The number of rotatable bonds is 2. The van der Waals surface area contributed by atoms with Crippen molar-refractivity contribution in [3.8, 4) is 6.07 Å². The van der Waals surface area contributed by atoms with Gasteiger partial charge in [-0.25, -0.2) is 0 Å². The Morgan fingerprint density at radius 1 is 1.23 bits per heavy atom. The van der Waals surface area contributed by atoms with Gasteiger partial charge < -0.3 is 10.2 Å². The number of nitrogens with one attached hydrogen (secondary N) is 1. The zero-order valence-corrected chi connectivity index (χ0v) is 13.3. The van der Waals surface area contributed by atoms with E-state index in [0.29, 0.717) is 5.56 Å². The number of nitrogens with zero attached hydrogens (tertiary/aromatic N) is 2. The van der Waals surface area contributed by atoms with Gasteiger partial charge in [0.25, 0.3) is 0 Å². The van der Waals surface area contributed by atoms with Crippen LogP contribution in [0.1, 0.15) is 22.7 Å². The molecule has 0 saturated carbocycles. The molecule has 3 rings (SSSR count). The van der Waals surface area contributed by atoms with Crippen molar-refractivity contribution in [1.82, 2.24) is 5.32 Å². The fraction of sp³-hybridized carbons (Fsp3) is 0.278. The van der Waals surface area contributed by atoms with E-state index < -0.39 is 0 Å². The maximum Gasteiger partial charge on any atom is 0.0991 e. The van der Waals surface area contributed by atoms with Crippen LogP contribution in [0, 0.1) is 18.3 Å². The van der Waals surface area contributed by atoms with Gasteiger partial charge in [-0.05, 0) is 48.4 Å². The first-order valence-electron chi connectivity index (χ1n) is 7.42. The fourth-order valence-electron chi connectivity index (χ4n) is 3.02. The second-order valence-corrected chi connectivity index (χ2v) is 6.01. The Balaban J connectivity index is 1.96. The lowest BCUT2D eigenvalue weighted by molar-refractivity contribution is 0.489. The summed E-state index contributed by atoms with van der Waals surface area (Å²) in [6, 6.07) is 16.4. The molecule has 1 fully saturated rings. The molecule has 2 aromatic carbocycles. The molecule has 1 aliphatic rings. The Bertz CT molecular complexity index is 703. The lowest BCUT2D eigenvalue weighted by Gasteiger charge is -2.39. The summed E-state index contributed by atoms with van der Waals surface area (Å²) in [5, 5.41) is 13.3. The highest BCUT2D eigenvalue weighted by Crippen LogP contribution is 2.31. The third-order valence-electron chi connectivity index (χ3n) is 4.13. The summed E-state index contributed by atoms with van der Waals surface area (Å²) in [7, 11) is 0. The van der Waals surface area contributed by atoms with Gasteiger partial charge in [0.15, 0.2) is 0 Å². The van der Waals surface area contributed by atoms with E-state index in [1.165, 1.54) is 11.3 Å². The number of nitriles is 1. The molecule has 0 spiro atoms. The van der Waals surface area contributed by atoms with Crippen molar-refractivity contribution in [1.29, 1.82) is 5.26 Å². The molecule has 0 bridgehead atoms. The number of halogens is 1. The van der Waals surface area contributed by atoms with Crippen LogP contribution < -0.4 is 10.2 Å². The molecular weight excluding hydrogens is 294 g/mol. The van der Waals surface area contributed by atoms with Gasteiger partial charge in [0.2, 0.25) is 0 Å². The van der Waals surface area contributed by atoms with E-state index in [1.807, 2.05) is 24.3 Å². The van der Waals surface area contributed by atoms with Crippen LogP contribution in [0.5, 0.6) is 0 Å². The minimum atomic E-state index is 0.276. The van der Waals surface area contributed by atoms with E-state index in [2.05, 4.69) is 41.4 Å². The van der Waals surface area contributed by atoms with Crippen molar-refractivity contribution in [3.63, 3.8) is 0 Å². The quantitative estimate of drug-likeness (QED) is 0.919. The largest absolute Gasteiger partial charge is 0.362 e. The lowest BCUT2D eigenvalue weighted by Crippen LogP contribution is -2.46. The van der Waals surface area contributed by atoms with Crippen LogP contribution in [0.25, 0.3) is 0 Å². The first-order valence-corrected chi connectivity index (χ1v) is 7.80. The first-order chi connectivity index (χ1) is 10.7. The molecule has 3 nitrogen and oxygen atoms in total. The second-order valence-electron chi connectivity index (χ2n) is 5.58. The molecule has 0 aliphatic carbocycles. The maximum absolute atomic E-state index is 9.03. The van der Waals surface area contributed by atoms with Gasteiger partial charge in [0.1, 0.15) is 0 Å². The SMILES string of the molecule is Cc1cc(C#N)ccc1N1CCNCC1c1ccc(Cl)cc1. The van der Waals surface area contributed by atoms with Crippen LogP contribution in [-0.2, 0) is 0 Å². The highest BCUT2D eigenvalue weighted by molar-refractivity contribution is 6.30. The number of hydrogen-bond acceptors (Lipinski definition) is 3. The number of aryl methyl sites for hydroxylation is 1. The van der Waals surface area contributed by atoms with Gasteiger partial charge in [-0.15, -0.1) is 0 Å².